The average molecular weight is 340 g/mol. The Kier molecular flexibility index (Phi) is 5.75. The van der Waals surface area contributed by atoms with Gasteiger partial charge in [0.05, 0.1) is 6.10 Å². The largest absolute Gasteiger partial charge is 0.393 e. The second-order valence-electron chi connectivity index (χ2n) is 5.57. The predicted molar refractivity (Wildman–Crippen MR) is 83.9 cm³/mol. The van der Waals surface area contributed by atoms with Crippen molar-refractivity contribution in [2.45, 2.75) is 32.3 Å². The normalized spacial score (nSPS) is 18.9. The maximum absolute atomic E-state index is 12.2. The summed E-state index contributed by atoms with van der Waals surface area (Å²) in [7, 11) is 0. The number of nitrogens with zero attached hydrogens (tertiary/aromatic N) is 1. The molecule has 1 aromatic rings. The van der Waals surface area contributed by atoms with Crippen LogP contribution in [0.15, 0.2) is 28.7 Å². The van der Waals surface area contributed by atoms with Crippen molar-refractivity contribution in [2.24, 2.45) is 5.92 Å². The maximum atomic E-state index is 12.2. The van der Waals surface area contributed by atoms with Gasteiger partial charge in [-0.1, -0.05) is 34.1 Å². The fourth-order valence-corrected chi connectivity index (χ4v) is 3.25. The highest BCUT2D eigenvalue weighted by Gasteiger charge is 2.22. The number of rotatable bonds is 5. The van der Waals surface area contributed by atoms with Crippen LogP contribution in [-0.2, 0) is 0 Å². The number of likely N-dealkylation sites (tertiary alicyclic amines) is 1. The number of carbonyl (C=O) groups is 1. The molecule has 0 bridgehead atoms. The SMILES string of the molecule is CC(O)C1CCN(CCC(=O)c2ccccc2Br)CC1. The first-order chi connectivity index (χ1) is 9.58. The van der Waals surface area contributed by atoms with E-state index in [0.717, 1.165) is 42.5 Å². The molecule has 0 radical (unpaired) electrons. The number of Topliss-reactive ketones (excluding diaryl/α,β-unsaturated/α-hetero) is 1. The van der Waals surface area contributed by atoms with Gasteiger partial charge in [0.25, 0.3) is 0 Å². The number of aliphatic hydroxyl groups excluding tert-OH is 1. The number of hydrogen-bond donors (Lipinski definition) is 1. The van der Waals surface area contributed by atoms with Gasteiger partial charge >= 0.3 is 0 Å². The Hall–Kier alpha value is -0.710. The molecule has 1 atom stereocenters. The molecule has 1 fully saturated rings. The first-order valence-electron chi connectivity index (χ1n) is 7.26. The van der Waals surface area contributed by atoms with E-state index in [-0.39, 0.29) is 11.9 Å². The fourth-order valence-electron chi connectivity index (χ4n) is 2.74. The third-order valence-electron chi connectivity index (χ3n) is 4.14. The molecule has 0 aliphatic carbocycles. The first-order valence-corrected chi connectivity index (χ1v) is 8.05. The fraction of sp³-hybridized carbons (Fsp3) is 0.562. The second kappa shape index (κ2) is 7.34. The molecule has 1 unspecified atom stereocenters. The van der Waals surface area contributed by atoms with E-state index in [9.17, 15) is 9.90 Å². The smallest absolute Gasteiger partial charge is 0.165 e. The molecule has 2 rings (SSSR count). The number of ketones is 1. The molecule has 0 amide bonds. The highest BCUT2D eigenvalue weighted by Crippen LogP contribution is 2.21. The molecule has 0 saturated carbocycles. The zero-order valence-electron chi connectivity index (χ0n) is 11.9. The molecule has 1 saturated heterocycles. The summed E-state index contributed by atoms with van der Waals surface area (Å²) in [6.07, 6.45) is 2.41. The molecule has 3 nitrogen and oxygen atoms in total. The Balaban J connectivity index is 1.79. The molecular formula is C16H22BrNO2. The van der Waals surface area contributed by atoms with Gasteiger partial charge in [0, 0.05) is 23.0 Å². The van der Waals surface area contributed by atoms with Gasteiger partial charge in [0.1, 0.15) is 0 Å². The molecule has 110 valence electrons. The van der Waals surface area contributed by atoms with Gasteiger partial charge < -0.3 is 10.0 Å². The van der Waals surface area contributed by atoms with Crippen molar-refractivity contribution in [1.82, 2.24) is 4.90 Å². The summed E-state index contributed by atoms with van der Waals surface area (Å²) in [5, 5.41) is 9.58. The third-order valence-corrected chi connectivity index (χ3v) is 4.84. The number of benzene rings is 1. The number of carbonyl (C=O) groups excluding carboxylic acids is 1. The van der Waals surface area contributed by atoms with Crippen molar-refractivity contribution < 1.29 is 9.90 Å². The highest BCUT2D eigenvalue weighted by molar-refractivity contribution is 9.10. The van der Waals surface area contributed by atoms with E-state index in [1.165, 1.54) is 0 Å². The lowest BCUT2D eigenvalue weighted by Gasteiger charge is -2.33. The molecule has 1 aliphatic heterocycles. The monoisotopic (exact) mass is 339 g/mol. The average Bonchev–Trinajstić information content (AvgIpc) is 2.45. The van der Waals surface area contributed by atoms with E-state index in [1.54, 1.807) is 0 Å². The topological polar surface area (TPSA) is 40.5 Å². The van der Waals surface area contributed by atoms with Crippen molar-refractivity contribution in [3.8, 4) is 0 Å². The minimum Gasteiger partial charge on any atom is -0.393 e. The Morgan fingerprint density at radius 2 is 2.05 bits per heavy atom. The quantitative estimate of drug-likeness (QED) is 0.838. The predicted octanol–water partition coefficient (Wildman–Crippen LogP) is 3.11. The highest BCUT2D eigenvalue weighted by atomic mass is 79.9. The van der Waals surface area contributed by atoms with Crippen molar-refractivity contribution in [3.63, 3.8) is 0 Å². The molecule has 20 heavy (non-hydrogen) atoms. The van der Waals surface area contributed by atoms with Crippen LogP contribution in [0.3, 0.4) is 0 Å². The standard InChI is InChI=1S/C16H22BrNO2/c1-12(19)13-6-9-18(10-7-13)11-8-16(20)14-4-2-3-5-15(14)17/h2-5,12-13,19H,6-11H2,1H3. The summed E-state index contributed by atoms with van der Waals surface area (Å²) in [5.74, 6) is 0.611. The van der Waals surface area contributed by atoms with Crippen molar-refractivity contribution >= 4 is 21.7 Å². The van der Waals surface area contributed by atoms with Crippen LogP contribution in [0.5, 0.6) is 0 Å². The number of halogens is 1. The van der Waals surface area contributed by atoms with E-state index in [0.29, 0.717) is 12.3 Å². The molecule has 1 aliphatic rings. The second-order valence-corrected chi connectivity index (χ2v) is 6.43. The zero-order valence-corrected chi connectivity index (χ0v) is 13.5. The summed E-state index contributed by atoms with van der Waals surface area (Å²) in [4.78, 5) is 14.5. The van der Waals surface area contributed by atoms with Crippen molar-refractivity contribution in [1.29, 1.82) is 0 Å². The van der Waals surface area contributed by atoms with Crippen molar-refractivity contribution in [2.75, 3.05) is 19.6 Å². The number of hydrogen-bond acceptors (Lipinski definition) is 3. The van der Waals surface area contributed by atoms with Crippen LogP contribution >= 0.6 is 15.9 Å². The Morgan fingerprint density at radius 3 is 2.65 bits per heavy atom. The molecule has 1 N–H and O–H groups in total. The Bertz CT molecular complexity index is 454. The minimum absolute atomic E-state index is 0.190. The van der Waals surface area contributed by atoms with Gasteiger partial charge in [-0.15, -0.1) is 0 Å². The summed E-state index contributed by atoms with van der Waals surface area (Å²) in [5.41, 5.74) is 0.770. The van der Waals surface area contributed by atoms with Gasteiger partial charge in [0.15, 0.2) is 5.78 Å². The lowest BCUT2D eigenvalue weighted by molar-refractivity contribution is 0.0693. The van der Waals surface area contributed by atoms with Gasteiger partial charge in [-0.3, -0.25) is 4.79 Å². The molecule has 1 heterocycles. The number of piperidine rings is 1. The van der Waals surface area contributed by atoms with Gasteiger partial charge in [-0.25, -0.2) is 0 Å². The maximum Gasteiger partial charge on any atom is 0.165 e. The van der Waals surface area contributed by atoms with Gasteiger partial charge in [-0.2, -0.15) is 0 Å². The summed E-state index contributed by atoms with van der Waals surface area (Å²) >= 11 is 3.42. The van der Waals surface area contributed by atoms with E-state index < -0.39 is 0 Å². The van der Waals surface area contributed by atoms with Gasteiger partial charge in [-0.05, 0) is 44.8 Å². The molecule has 0 spiro atoms. The van der Waals surface area contributed by atoms with E-state index >= 15 is 0 Å². The molecular weight excluding hydrogens is 318 g/mol. The minimum atomic E-state index is -0.209. The van der Waals surface area contributed by atoms with Crippen LogP contribution in [0.4, 0.5) is 0 Å². The van der Waals surface area contributed by atoms with Crippen molar-refractivity contribution in [3.05, 3.63) is 34.3 Å². The molecule has 0 aromatic heterocycles. The lowest BCUT2D eigenvalue weighted by atomic mass is 9.92. The van der Waals surface area contributed by atoms with E-state index in [4.69, 9.17) is 0 Å². The van der Waals surface area contributed by atoms with Crippen LogP contribution in [0.1, 0.15) is 36.5 Å². The van der Waals surface area contributed by atoms with Crippen LogP contribution in [-0.4, -0.2) is 41.5 Å². The van der Waals surface area contributed by atoms with Crippen LogP contribution in [0, 0.1) is 5.92 Å². The van der Waals surface area contributed by atoms with E-state index in [2.05, 4.69) is 20.8 Å². The van der Waals surface area contributed by atoms with E-state index in [1.807, 2.05) is 31.2 Å². The summed E-state index contributed by atoms with van der Waals surface area (Å²) in [6.45, 7) is 4.65. The summed E-state index contributed by atoms with van der Waals surface area (Å²) < 4.78 is 0.873. The Labute approximate surface area is 129 Å². The third kappa shape index (κ3) is 4.14. The molecule has 4 heteroatoms. The summed E-state index contributed by atoms with van der Waals surface area (Å²) in [6, 6.07) is 7.58. The zero-order chi connectivity index (χ0) is 14.5. The lowest BCUT2D eigenvalue weighted by Crippen LogP contribution is -2.38. The molecule has 1 aromatic carbocycles. The van der Waals surface area contributed by atoms with Crippen LogP contribution in [0.25, 0.3) is 0 Å². The first kappa shape index (κ1) is 15.7. The number of aliphatic hydroxyl groups is 1. The Morgan fingerprint density at radius 1 is 1.40 bits per heavy atom. The van der Waals surface area contributed by atoms with Crippen LogP contribution in [0.2, 0.25) is 0 Å². The van der Waals surface area contributed by atoms with Gasteiger partial charge in [0.2, 0.25) is 0 Å². The van der Waals surface area contributed by atoms with Crippen LogP contribution < -0.4 is 0 Å².